The van der Waals surface area contributed by atoms with E-state index < -0.39 is 0 Å². The van der Waals surface area contributed by atoms with Crippen LogP contribution in [0.15, 0.2) is 22.7 Å². The number of halogens is 4. The van der Waals surface area contributed by atoms with Crippen LogP contribution in [0.2, 0.25) is 0 Å². The molecule has 22 heavy (non-hydrogen) atoms. The Kier molecular flexibility index (Phi) is 8.65. The number of nitrogens with zero attached hydrogens (tertiary/aromatic N) is 1. The summed E-state index contributed by atoms with van der Waals surface area (Å²) in [5, 5.41) is 3.41. The van der Waals surface area contributed by atoms with Gasteiger partial charge >= 0.3 is 0 Å². The van der Waals surface area contributed by atoms with Crippen molar-refractivity contribution in [2.24, 2.45) is 5.92 Å². The first-order valence-electron chi connectivity index (χ1n) is 7.65. The van der Waals surface area contributed by atoms with Crippen molar-refractivity contribution in [2.75, 3.05) is 26.2 Å². The molecule has 1 aromatic rings. The Balaban J connectivity index is 0.00000121. The van der Waals surface area contributed by atoms with Gasteiger partial charge in [-0.15, -0.1) is 24.8 Å². The lowest BCUT2D eigenvalue weighted by Gasteiger charge is -2.38. The van der Waals surface area contributed by atoms with Crippen molar-refractivity contribution in [3.8, 4) is 0 Å². The van der Waals surface area contributed by atoms with Crippen LogP contribution < -0.4 is 5.32 Å². The molecule has 6 heteroatoms. The molecular formula is C16H24BrCl2FN2. The molecule has 0 amide bonds. The van der Waals surface area contributed by atoms with Crippen LogP contribution in [-0.4, -0.2) is 31.1 Å². The highest BCUT2D eigenvalue weighted by Crippen LogP contribution is 2.40. The fourth-order valence-electron chi connectivity index (χ4n) is 3.71. The quantitative estimate of drug-likeness (QED) is 0.780. The number of benzene rings is 1. The van der Waals surface area contributed by atoms with E-state index in [-0.39, 0.29) is 30.6 Å². The van der Waals surface area contributed by atoms with Crippen molar-refractivity contribution < 1.29 is 4.39 Å². The minimum atomic E-state index is -0.138. The molecule has 1 aliphatic heterocycles. The Morgan fingerprint density at radius 1 is 1.14 bits per heavy atom. The molecule has 1 aliphatic carbocycles. The molecule has 1 N–H and O–H groups in total. The molecule has 3 rings (SSSR count). The Morgan fingerprint density at radius 3 is 2.36 bits per heavy atom. The maximum absolute atomic E-state index is 13.9. The molecule has 2 fully saturated rings. The van der Waals surface area contributed by atoms with E-state index in [0.29, 0.717) is 16.4 Å². The van der Waals surface area contributed by atoms with Crippen LogP contribution in [0.25, 0.3) is 0 Å². The third kappa shape index (κ3) is 4.57. The van der Waals surface area contributed by atoms with E-state index in [1.807, 2.05) is 6.07 Å². The zero-order valence-electron chi connectivity index (χ0n) is 12.6. The first kappa shape index (κ1) is 20.2. The van der Waals surface area contributed by atoms with Crippen LogP contribution in [0.5, 0.6) is 0 Å². The van der Waals surface area contributed by atoms with E-state index in [1.54, 1.807) is 6.07 Å². The fraction of sp³-hybridized carbons (Fsp3) is 0.625. The fourth-order valence-corrected chi connectivity index (χ4v) is 3.96. The summed E-state index contributed by atoms with van der Waals surface area (Å²) in [6.45, 7) is 4.22. The van der Waals surface area contributed by atoms with Crippen molar-refractivity contribution in [1.82, 2.24) is 10.2 Å². The lowest BCUT2D eigenvalue weighted by Crippen LogP contribution is -2.46. The molecular weight excluding hydrogens is 390 g/mol. The maximum Gasteiger partial charge on any atom is 0.137 e. The second-order valence-electron chi connectivity index (χ2n) is 5.95. The Labute approximate surface area is 153 Å². The summed E-state index contributed by atoms with van der Waals surface area (Å²) in [7, 11) is 0. The molecule has 1 saturated heterocycles. The number of hydrogen-bond acceptors (Lipinski definition) is 2. The summed E-state index contributed by atoms with van der Waals surface area (Å²) in [5.74, 6) is 0.550. The molecule has 0 aromatic heterocycles. The summed E-state index contributed by atoms with van der Waals surface area (Å²) in [6.07, 6.45) is 5.22. The number of hydrogen-bond donors (Lipinski definition) is 1. The van der Waals surface area contributed by atoms with Crippen LogP contribution >= 0.6 is 40.7 Å². The first-order valence-corrected chi connectivity index (χ1v) is 8.45. The molecule has 126 valence electrons. The topological polar surface area (TPSA) is 15.3 Å². The molecule has 0 spiro atoms. The predicted molar refractivity (Wildman–Crippen MR) is 97.7 cm³/mol. The maximum atomic E-state index is 13.9. The summed E-state index contributed by atoms with van der Waals surface area (Å²) < 4.78 is 14.5. The first-order chi connectivity index (χ1) is 9.75. The van der Waals surface area contributed by atoms with E-state index in [4.69, 9.17) is 0 Å². The average molecular weight is 414 g/mol. The summed E-state index contributed by atoms with van der Waals surface area (Å²) in [6, 6.07) is 6.07. The number of piperazine rings is 1. The molecule has 2 nitrogen and oxygen atoms in total. The van der Waals surface area contributed by atoms with E-state index in [2.05, 4.69) is 32.2 Å². The van der Waals surface area contributed by atoms with Gasteiger partial charge < -0.3 is 5.32 Å². The minimum absolute atomic E-state index is 0. The molecule has 1 atom stereocenters. The predicted octanol–water partition coefficient (Wildman–Crippen LogP) is 4.57. The lowest BCUT2D eigenvalue weighted by molar-refractivity contribution is 0.125. The molecule has 1 heterocycles. The van der Waals surface area contributed by atoms with Gasteiger partial charge in [0, 0.05) is 32.2 Å². The van der Waals surface area contributed by atoms with Crippen LogP contribution in [0, 0.1) is 11.7 Å². The van der Waals surface area contributed by atoms with E-state index in [9.17, 15) is 4.39 Å². The van der Waals surface area contributed by atoms with Gasteiger partial charge in [-0.1, -0.05) is 18.9 Å². The van der Waals surface area contributed by atoms with Crippen molar-refractivity contribution in [3.05, 3.63) is 34.1 Å². The third-order valence-corrected chi connectivity index (χ3v) is 5.32. The second-order valence-corrected chi connectivity index (χ2v) is 6.80. The highest BCUT2D eigenvalue weighted by atomic mass is 79.9. The average Bonchev–Trinajstić information content (AvgIpc) is 2.98. The zero-order valence-corrected chi connectivity index (χ0v) is 15.8. The summed E-state index contributed by atoms with van der Waals surface area (Å²) >= 11 is 3.26. The van der Waals surface area contributed by atoms with Gasteiger partial charge in [0.15, 0.2) is 0 Å². The second kappa shape index (κ2) is 9.43. The molecule has 0 radical (unpaired) electrons. The zero-order chi connectivity index (χ0) is 13.9. The van der Waals surface area contributed by atoms with Crippen molar-refractivity contribution in [3.63, 3.8) is 0 Å². The normalized spacial score (nSPS) is 21.0. The summed E-state index contributed by atoms with van der Waals surface area (Å²) in [5.41, 5.74) is 1.15. The van der Waals surface area contributed by atoms with Crippen LogP contribution in [0.1, 0.15) is 37.3 Å². The number of rotatable bonds is 3. The Bertz CT molecular complexity index is 463. The van der Waals surface area contributed by atoms with Gasteiger partial charge in [0.05, 0.1) is 4.47 Å². The van der Waals surface area contributed by atoms with Crippen LogP contribution in [-0.2, 0) is 0 Å². The van der Waals surface area contributed by atoms with Gasteiger partial charge in [0.25, 0.3) is 0 Å². The van der Waals surface area contributed by atoms with Gasteiger partial charge in [-0.3, -0.25) is 4.90 Å². The van der Waals surface area contributed by atoms with Crippen molar-refractivity contribution in [2.45, 2.75) is 31.7 Å². The molecule has 0 bridgehead atoms. The smallest absolute Gasteiger partial charge is 0.137 e. The molecule has 0 unspecified atom stereocenters. The van der Waals surface area contributed by atoms with Gasteiger partial charge in [-0.05, 0) is 52.4 Å². The Morgan fingerprint density at radius 2 is 1.77 bits per heavy atom. The van der Waals surface area contributed by atoms with Crippen LogP contribution in [0.3, 0.4) is 0 Å². The van der Waals surface area contributed by atoms with Gasteiger partial charge in [-0.2, -0.15) is 0 Å². The van der Waals surface area contributed by atoms with E-state index >= 15 is 0 Å². The minimum Gasteiger partial charge on any atom is -0.314 e. The molecule has 1 saturated carbocycles. The van der Waals surface area contributed by atoms with Crippen LogP contribution in [0.4, 0.5) is 4.39 Å². The van der Waals surface area contributed by atoms with Gasteiger partial charge in [0.1, 0.15) is 5.82 Å². The largest absolute Gasteiger partial charge is 0.314 e. The SMILES string of the molecule is Cl.Cl.Fc1cc([C@@H](C2CCCC2)N2CCNCC2)ccc1Br. The Hall–Kier alpha value is 0.130. The highest BCUT2D eigenvalue weighted by Gasteiger charge is 2.32. The monoisotopic (exact) mass is 412 g/mol. The lowest BCUT2D eigenvalue weighted by atomic mass is 9.89. The standard InChI is InChI=1S/C16H22BrFN2.2ClH/c17-14-6-5-13(11-15(14)18)16(12-3-1-2-4-12)20-9-7-19-8-10-20;;/h5-6,11-12,16,19H,1-4,7-10H2;2*1H/t16-;;/m1../s1. The van der Waals surface area contributed by atoms with Gasteiger partial charge in [0.2, 0.25) is 0 Å². The van der Waals surface area contributed by atoms with Crippen molar-refractivity contribution >= 4 is 40.7 Å². The molecule has 2 aliphatic rings. The number of nitrogens with one attached hydrogen (secondary N) is 1. The third-order valence-electron chi connectivity index (χ3n) is 4.68. The van der Waals surface area contributed by atoms with E-state index in [0.717, 1.165) is 31.7 Å². The molecule has 1 aromatic carbocycles. The summed E-state index contributed by atoms with van der Waals surface area (Å²) in [4.78, 5) is 2.55. The van der Waals surface area contributed by atoms with Gasteiger partial charge in [-0.25, -0.2) is 4.39 Å². The van der Waals surface area contributed by atoms with E-state index in [1.165, 1.54) is 25.7 Å². The van der Waals surface area contributed by atoms with Crippen molar-refractivity contribution in [1.29, 1.82) is 0 Å². The highest BCUT2D eigenvalue weighted by molar-refractivity contribution is 9.10.